The standard InChI is InChI=1S/C22H24N4O2S2/c1-25(22(28)20-8-5-13-29-20)19(14-16-6-3-2-4-7-16)17-9-11-26(12-10-17)21(27)18-15-23-30-24-18/h2-8,13,15,17,19H,9-12,14H2,1H3. The topological polar surface area (TPSA) is 66.4 Å². The summed E-state index contributed by atoms with van der Waals surface area (Å²) in [5.74, 6) is 0.347. The molecular formula is C22H24N4O2S2. The molecule has 0 bridgehead atoms. The molecule has 1 aromatic carbocycles. The second-order valence-corrected chi connectivity index (χ2v) is 9.08. The monoisotopic (exact) mass is 440 g/mol. The Kier molecular flexibility index (Phi) is 6.54. The number of likely N-dealkylation sites (N-methyl/N-ethyl adjacent to an activating group) is 1. The van der Waals surface area contributed by atoms with Gasteiger partial charge in [-0.3, -0.25) is 9.59 Å². The molecule has 1 aliphatic heterocycles. The Morgan fingerprint density at radius 3 is 2.57 bits per heavy atom. The maximum atomic E-state index is 13.1. The summed E-state index contributed by atoms with van der Waals surface area (Å²) in [7, 11) is 1.91. The van der Waals surface area contributed by atoms with Gasteiger partial charge in [0, 0.05) is 26.2 Å². The summed E-state index contributed by atoms with van der Waals surface area (Å²) in [5, 5.41) is 1.94. The van der Waals surface area contributed by atoms with E-state index in [4.69, 9.17) is 0 Å². The highest BCUT2D eigenvalue weighted by Gasteiger charge is 2.33. The van der Waals surface area contributed by atoms with Crippen molar-refractivity contribution < 1.29 is 9.59 Å². The number of likely N-dealkylation sites (tertiary alicyclic amines) is 1. The molecule has 4 rings (SSSR count). The Balaban J connectivity index is 1.48. The molecule has 1 fully saturated rings. The van der Waals surface area contributed by atoms with Crippen molar-refractivity contribution in [1.29, 1.82) is 0 Å². The van der Waals surface area contributed by atoms with E-state index in [1.807, 2.05) is 52.6 Å². The van der Waals surface area contributed by atoms with Crippen LogP contribution in [-0.4, -0.2) is 56.5 Å². The highest BCUT2D eigenvalue weighted by Crippen LogP contribution is 2.28. The van der Waals surface area contributed by atoms with Gasteiger partial charge in [-0.1, -0.05) is 36.4 Å². The Morgan fingerprint density at radius 1 is 1.17 bits per heavy atom. The van der Waals surface area contributed by atoms with Crippen LogP contribution in [-0.2, 0) is 6.42 Å². The SMILES string of the molecule is CN(C(=O)c1cccs1)C(Cc1ccccc1)C1CCN(C(=O)c2cnsn2)CC1. The van der Waals surface area contributed by atoms with E-state index in [2.05, 4.69) is 20.9 Å². The van der Waals surface area contributed by atoms with Crippen LogP contribution in [0.2, 0.25) is 0 Å². The predicted molar refractivity (Wildman–Crippen MR) is 119 cm³/mol. The number of piperidine rings is 1. The van der Waals surface area contributed by atoms with Crippen molar-refractivity contribution >= 4 is 34.9 Å². The summed E-state index contributed by atoms with van der Waals surface area (Å²) in [6, 6.07) is 14.2. The van der Waals surface area contributed by atoms with Gasteiger partial charge in [-0.05, 0) is 42.2 Å². The Bertz CT molecular complexity index is 952. The molecule has 2 amide bonds. The van der Waals surface area contributed by atoms with Gasteiger partial charge >= 0.3 is 0 Å². The Morgan fingerprint density at radius 2 is 1.93 bits per heavy atom. The number of nitrogens with zero attached hydrogens (tertiary/aromatic N) is 4. The fourth-order valence-electron chi connectivity index (χ4n) is 4.11. The van der Waals surface area contributed by atoms with Gasteiger partial charge in [0.1, 0.15) is 0 Å². The van der Waals surface area contributed by atoms with Crippen molar-refractivity contribution in [3.8, 4) is 0 Å². The van der Waals surface area contributed by atoms with Gasteiger partial charge < -0.3 is 9.80 Å². The van der Waals surface area contributed by atoms with E-state index >= 15 is 0 Å². The summed E-state index contributed by atoms with van der Waals surface area (Å²) < 4.78 is 8.00. The third kappa shape index (κ3) is 4.60. The Hall–Kier alpha value is -2.58. The van der Waals surface area contributed by atoms with Gasteiger partial charge in [0.2, 0.25) is 0 Å². The third-order valence-corrected chi connectivity index (χ3v) is 7.12. The molecule has 1 aliphatic rings. The minimum atomic E-state index is -0.0511. The summed E-state index contributed by atoms with van der Waals surface area (Å²) in [5.41, 5.74) is 1.64. The average Bonchev–Trinajstić information content (AvgIpc) is 3.51. The van der Waals surface area contributed by atoms with Crippen molar-refractivity contribution in [3.63, 3.8) is 0 Å². The molecule has 8 heteroatoms. The van der Waals surface area contributed by atoms with Crippen molar-refractivity contribution in [3.05, 3.63) is 70.2 Å². The van der Waals surface area contributed by atoms with Crippen LogP contribution in [0.25, 0.3) is 0 Å². The van der Waals surface area contributed by atoms with Crippen molar-refractivity contribution in [2.45, 2.75) is 25.3 Å². The molecule has 1 unspecified atom stereocenters. The lowest BCUT2D eigenvalue weighted by Crippen LogP contribution is -2.48. The normalized spacial score (nSPS) is 15.7. The number of hydrogen-bond acceptors (Lipinski definition) is 6. The number of benzene rings is 1. The minimum Gasteiger partial charge on any atom is -0.337 e. The molecule has 0 spiro atoms. The first-order chi connectivity index (χ1) is 14.6. The van der Waals surface area contributed by atoms with E-state index in [-0.39, 0.29) is 17.9 Å². The third-order valence-electron chi connectivity index (χ3n) is 5.79. The van der Waals surface area contributed by atoms with E-state index in [9.17, 15) is 9.59 Å². The predicted octanol–water partition coefficient (Wildman–Crippen LogP) is 3.84. The number of aromatic nitrogens is 2. The van der Waals surface area contributed by atoms with Crippen LogP contribution in [0.4, 0.5) is 0 Å². The van der Waals surface area contributed by atoms with Crippen LogP contribution in [0.5, 0.6) is 0 Å². The van der Waals surface area contributed by atoms with Crippen LogP contribution in [0, 0.1) is 5.92 Å². The van der Waals surface area contributed by atoms with E-state index in [1.165, 1.54) is 23.1 Å². The molecule has 6 nitrogen and oxygen atoms in total. The number of thiophene rings is 1. The Labute approximate surface area is 184 Å². The van der Waals surface area contributed by atoms with Crippen LogP contribution >= 0.6 is 23.1 Å². The first-order valence-corrected chi connectivity index (χ1v) is 11.7. The van der Waals surface area contributed by atoms with E-state index in [0.29, 0.717) is 24.7 Å². The van der Waals surface area contributed by atoms with Gasteiger partial charge in [-0.15, -0.1) is 11.3 Å². The zero-order valence-corrected chi connectivity index (χ0v) is 18.4. The molecule has 1 atom stereocenters. The van der Waals surface area contributed by atoms with Gasteiger partial charge in [0.15, 0.2) is 5.69 Å². The molecule has 30 heavy (non-hydrogen) atoms. The van der Waals surface area contributed by atoms with E-state index in [0.717, 1.165) is 35.9 Å². The van der Waals surface area contributed by atoms with E-state index in [1.54, 1.807) is 0 Å². The molecule has 0 saturated carbocycles. The molecule has 2 aromatic heterocycles. The van der Waals surface area contributed by atoms with Gasteiger partial charge in [-0.2, -0.15) is 8.75 Å². The highest BCUT2D eigenvalue weighted by atomic mass is 32.1. The van der Waals surface area contributed by atoms with Crippen LogP contribution in [0.1, 0.15) is 38.6 Å². The summed E-state index contributed by atoms with van der Waals surface area (Å²) in [6.07, 6.45) is 4.07. The largest absolute Gasteiger partial charge is 0.337 e. The maximum Gasteiger partial charge on any atom is 0.275 e. The van der Waals surface area contributed by atoms with Crippen molar-refractivity contribution in [1.82, 2.24) is 18.5 Å². The number of amides is 2. The maximum absolute atomic E-state index is 13.1. The summed E-state index contributed by atoms with van der Waals surface area (Å²) in [6.45, 7) is 1.35. The van der Waals surface area contributed by atoms with Crippen LogP contribution in [0.15, 0.2) is 54.0 Å². The number of carbonyl (C=O) groups is 2. The molecule has 1 saturated heterocycles. The number of rotatable bonds is 6. The molecule has 156 valence electrons. The molecule has 0 radical (unpaired) electrons. The summed E-state index contributed by atoms with van der Waals surface area (Å²) in [4.78, 5) is 30.2. The number of hydrogen-bond donors (Lipinski definition) is 0. The smallest absolute Gasteiger partial charge is 0.275 e. The molecule has 0 N–H and O–H groups in total. The van der Waals surface area contributed by atoms with Crippen LogP contribution < -0.4 is 0 Å². The van der Waals surface area contributed by atoms with Gasteiger partial charge in [0.25, 0.3) is 11.8 Å². The van der Waals surface area contributed by atoms with E-state index < -0.39 is 0 Å². The lowest BCUT2D eigenvalue weighted by molar-refractivity contribution is 0.0523. The first-order valence-electron chi connectivity index (χ1n) is 10.0. The van der Waals surface area contributed by atoms with Crippen molar-refractivity contribution in [2.24, 2.45) is 5.92 Å². The lowest BCUT2D eigenvalue weighted by atomic mass is 9.84. The van der Waals surface area contributed by atoms with Crippen LogP contribution in [0.3, 0.4) is 0 Å². The minimum absolute atomic E-state index is 0.0511. The summed E-state index contributed by atoms with van der Waals surface area (Å²) >= 11 is 2.53. The molecule has 3 heterocycles. The second kappa shape index (κ2) is 9.49. The zero-order valence-electron chi connectivity index (χ0n) is 16.8. The van der Waals surface area contributed by atoms with Crippen molar-refractivity contribution in [2.75, 3.05) is 20.1 Å². The van der Waals surface area contributed by atoms with Gasteiger partial charge in [-0.25, -0.2) is 0 Å². The number of carbonyl (C=O) groups excluding carboxylic acids is 2. The highest BCUT2D eigenvalue weighted by molar-refractivity contribution is 7.12. The second-order valence-electron chi connectivity index (χ2n) is 7.57. The zero-order chi connectivity index (χ0) is 20.9. The quantitative estimate of drug-likeness (QED) is 0.584. The molecule has 3 aromatic rings. The molecule has 0 aliphatic carbocycles. The first kappa shape index (κ1) is 20.7. The fraction of sp³-hybridized carbons (Fsp3) is 0.364. The average molecular weight is 441 g/mol. The fourth-order valence-corrected chi connectivity index (χ4v) is 5.22. The molecular weight excluding hydrogens is 416 g/mol. The lowest BCUT2D eigenvalue weighted by Gasteiger charge is -2.40. The van der Waals surface area contributed by atoms with Gasteiger partial charge in [0.05, 0.1) is 22.8 Å².